The van der Waals surface area contributed by atoms with E-state index in [1.807, 2.05) is 0 Å². The van der Waals surface area contributed by atoms with Crippen molar-refractivity contribution in [3.8, 4) is 17.1 Å². The van der Waals surface area contributed by atoms with Crippen LogP contribution in [-0.2, 0) is 17.5 Å². The molecule has 6 nitrogen and oxygen atoms in total. The normalized spacial score (nSPS) is 16.9. The van der Waals surface area contributed by atoms with Crippen LogP contribution in [-0.4, -0.2) is 34.6 Å². The molecule has 2 aromatic carbocycles. The highest BCUT2D eigenvalue weighted by molar-refractivity contribution is 5.79. The number of aromatic nitrogens is 2. The standard InChI is InChI=1S/C21H18F3N3O3/c1-29-16-7-4-6-13(9-16)19-25-20(30-26-19)15-10-18(28)27(12-15)11-14-5-2-3-8-17(14)21(22,23)24/h2-9,15H,10-12H2,1H3. The van der Waals surface area contributed by atoms with Crippen LogP contribution in [0.3, 0.4) is 0 Å². The molecule has 0 saturated carbocycles. The Morgan fingerprint density at radius 2 is 2.00 bits per heavy atom. The topological polar surface area (TPSA) is 68.5 Å². The van der Waals surface area contributed by atoms with Crippen LogP contribution >= 0.6 is 0 Å². The highest BCUT2D eigenvalue weighted by Gasteiger charge is 2.37. The molecule has 1 saturated heterocycles. The fourth-order valence-electron chi connectivity index (χ4n) is 3.51. The van der Waals surface area contributed by atoms with Gasteiger partial charge in [0, 0.05) is 25.1 Å². The number of hydrogen-bond acceptors (Lipinski definition) is 5. The zero-order chi connectivity index (χ0) is 21.3. The first-order chi connectivity index (χ1) is 14.3. The van der Waals surface area contributed by atoms with Crippen molar-refractivity contribution in [3.63, 3.8) is 0 Å². The first-order valence-corrected chi connectivity index (χ1v) is 9.26. The highest BCUT2D eigenvalue weighted by atomic mass is 19.4. The van der Waals surface area contributed by atoms with Gasteiger partial charge >= 0.3 is 6.18 Å². The van der Waals surface area contributed by atoms with Crippen molar-refractivity contribution in [2.24, 2.45) is 0 Å². The van der Waals surface area contributed by atoms with Crippen LogP contribution in [0.25, 0.3) is 11.4 Å². The van der Waals surface area contributed by atoms with Gasteiger partial charge < -0.3 is 14.2 Å². The Bertz CT molecular complexity index is 1060. The summed E-state index contributed by atoms with van der Waals surface area (Å²) in [4.78, 5) is 18.2. The lowest BCUT2D eigenvalue weighted by molar-refractivity contribution is -0.139. The van der Waals surface area contributed by atoms with E-state index in [4.69, 9.17) is 9.26 Å². The van der Waals surface area contributed by atoms with Gasteiger partial charge in [-0.25, -0.2) is 0 Å². The SMILES string of the molecule is COc1cccc(-c2noc(C3CC(=O)N(Cc4ccccc4C(F)(F)F)C3)n2)c1. The van der Waals surface area contributed by atoms with Gasteiger partial charge in [0.15, 0.2) is 0 Å². The average molecular weight is 417 g/mol. The minimum atomic E-state index is -4.48. The monoisotopic (exact) mass is 417 g/mol. The minimum absolute atomic E-state index is 0.0570. The van der Waals surface area contributed by atoms with Gasteiger partial charge in [-0.1, -0.05) is 35.5 Å². The number of nitrogens with zero attached hydrogens (tertiary/aromatic N) is 3. The Morgan fingerprint density at radius 1 is 1.20 bits per heavy atom. The van der Waals surface area contributed by atoms with Gasteiger partial charge in [0.25, 0.3) is 0 Å². The second kappa shape index (κ2) is 7.81. The number of carbonyl (C=O) groups excluding carboxylic acids is 1. The summed E-state index contributed by atoms with van der Waals surface area (Å²) in [7, 11) is 1.55. The van der Waals surface area contributed by atoms with Crippen molar-refractivity contribution < 1.29 is 27.2 Å². The van der Waals surface area contributed by atoms with Gasteiger partial charge in [-0.3, -0.25) is 4.79 Å². The third-order valence-electron chi connectivity index (χ3n) is 5.02. The molecule has 0 bridgehead atoms. The third kappa shape index (κ3) is 4.00. The summed E-state index contributed by atoms with van der Waals surface area (Å²) < 4.78 is 50.2. The Kier molecular flexibility index (Phi) is 5.19. The van der Waals surface area contributed by atoms with Gasteiger partial charge in [-0.2, -0.15) is 18.2 Å². The number of halogens is 3. The Labute approximate surface area is 170 Å². The molecule has 1 amide bonds. The number of methoxy groups -OCH3 is 1. The zero-order valence-electron chi connectivity index (χ0n) is 16.0. The fourth-order valence-corrected chi connectivity index (χ4v) is 3.51. The number of carbonyl (C=O) groups is 1. The predicted molar refractivity (Wildman–Crippen MR) is 101 cm³/mol. The quantitative estimate of drug-likeness (QED) is 0.620. The molecule has 0 radical (unpaired) electrons. The van der Waals surface area contributed by atoms with Crippen LogP contribution in [0.15, 0.2) is 53.1 Å². The summed E-state index contributed by atoms with van der Waals surface area (Å²) >= 11 is 0. The van der Waals surface area contributed by atoms with Crippen molar-refractivity contribution >= 4 is 5.91 Å². The molecule has 3 aromatic rings. The molecule has 1 unspecified atom stereocenters. The number of rotatable bonds is 5. The molecule has 1 aromatic heterocycles. The molecule has 30 heavy (non-hydrogen) atoms. The molecule has 4 rings (SSSR count). The molecule has 1 atom stereocenters. The first-order valence-electron chi connectivity index (χ1n) is 9.26. The molecule has 2 heterocycles. The first kappa shape index (κ1) is 19.9. The highest BCUT2D eigenvalue weighted by Crippen LogP contribution is 2.35. The maximum Gasteiger partial charge on any atom is 0.416 e. The van der Waals surface area contributed by atoms with Gasteiger partial charge in [0.05, 0.1) is 18.6 Å². The summed E-state index contributed by atoms with van der Waals surface area (Å²) in [6, 6.07) is 12.4. The van der Waals surface area contributed by atoms with Crippen molar-refractivity contribution in [2.75, 3.05) is 13.7 Å². The van der Waals surface area contributed by atoms with Crippen LogP contribution in [0.4, 0.5) is 13.2 Å². The largest absolute Gasteiger partial charge is 0.497 e. The molecular weight excluding hydrogens is 399 g/mol. The van der Waals surface area contributed by atoms with Crippen molar-refractivity contribution in [2.45, 2.75) is 25.1 Å². The molecule has 0 N–H and O–H groups in total. The van der Waals surface area contributed by atoms with E-state index in [0.717, 1.165) is 6.07 Å². The number of benzene rings is 2. The number of amides is 1. The van der Waals surface area contributed by atoms with E-state index in [9.17, 15) is 18.0 Å². The Morgan fingerprint density at radius 3 is 2.77 bits per heavy atom. The van der Waals surface area contributed by atoms with E-state index < -0.39 is 11.7 Å². The number of hydrogen-bond donors (Lipinski definition) is 0. The van der Waals surface area contributed by atoms with Crippen molar-refractivity contribution in [3.05, 3.63) is 65.5 Å². The summed E-state index contributed by atoms with van der Waals surface area (Å²) in [6.07, 6.45) is -4.37. The van der Waals surface area contributed by atoms with E-state index >= 15 is 0 Å². The Hall–Kier alpha value is -3.36. The number of likely N-dealkylation sites (tertiary alicyclic amines) is 1. The van der Waals surface area contributed by atoms with Gasteiger partial charge in [-0.15, -0.1) is 0 Å². The summed E-state index contributed by atoms with van der Waals surface area (Å²) in [5, 5.41) is 3.97. The molecule has 0 spiro atoms. The van der Waals surface area contributed by atoms with E-state index in [0.29, 0.717) is 17.1 Å². The van der Waals surface area contributed by atoms with E-state index in [-0.39, 0.29) is 42.8 Å². The minimum Gasteiger partial charge on any atom is -0.497 e. The molecule has 1 aliphatic heterocycles. The maximum atomic E-state index is 13.2. The summed E-state index contributed by atoms with van der Waals surface area (Å²) in [5.74, 6) is 0.662. The van der Waals surface area contributed by atoms with E-state index in [1.54, 1.807) is 31.4 Å². The van der Waals surface area contributed by atoms with Gasteiger partial charge in [0.1, 0.15) is 5.75 Å². The average Bonchev–Trinajstić information content (AvgIpc) is 3.35. The second-order valence-corrected chi connectivity index (χ2v) is 7.02. The van der Waals surface area contributed by atoms with Crippen molar-refractivity contribution in [1.82, 2.24) is 15.0 Å². The van der Waals surface area contributed by atoms with Gasteiger partial charge in [-0.05, 0) is 23.8 Å². The summed E-state index contributed by atoms with van der Waals surface area (Å²) in [6.45, 7) is 0.0899. The van der Waals surface area contributed by atoms with Crippen molar-refractivity contribution in [1.29, 1.82) is 0 Å². The molecule has 9 heteroatoms. The lowest BCUT2D eigenvalue weighted by Crippen LogP contribution is -2.26. The van der Waals surface area contributed by atoms with Gasteiger partial charge in [0.2, 0.25) is 17.6 Å². The predicted octanol–water partition coefficient (Wildman–Crippen LogP) is 4.28. The van der Waals surface area contributed by atoms with E-state index in [2.05, 4.69) is 10.1 Å². The molecule has 156 valence electrons. The smallest absolute Gasteiger partial charge is 0.416 e. The number of ether oxygens (including phenoxy) is 1. The molecular formula is C21H18F3N3O3. The molecule has 1 aliphatic rings. The zero-order valence-corrected chi connectivity index (χ0v) is 16.0. The van der Waals surface area contributed by atoms with Crippen LogP contribution in [0.1, 0.15) is 29.4 Å². The number of alkyl halides is 3. The van der Waals surface area contributed by atoms with Crippen LogP contribution in [0, 0.1) is 0 Å². The van der Waals surface area contributed by atoms with Crippen LogP contribution in [0.2, 0.25) is 0 Å². The lowest BCUT2D eigenvalue weighted by Gasteiger charge is -2.19. The maximum absolute atomic E-state index is 13.2. The summed E-state index contributed by atoms with van der Waals surface area (Å²) in [5.41, 5.74) is 0.0191. The van der Waals surface area contributed by atoms with Crippen LogP contribution < -0.4 is 4.74 Å². The Balaban J connectivity index is 1.50. The molecule has 1 fully saturated rings. The second-order valence-electron chi connectivity index (χ2n) is 7.02. The fraction of sp³-hybridized carbons (Fsp3) is 0.286. The molecule has 0 aliphatic carbocycles. The van der Waals surface area contributed by atoms with Crippen LogP contribution in [0.5, 0.6) is 5.75 Å². The lowest BCUT2D eigenvalue weighted by atomic mass is 10.1. The van der Waals surface area contributed by atoms with E-state index in [1.165, 1.54) is 23.1 Å². The third-order valence-corrected chi connectivity index (χ3v) is 5.02.